The number of benzene rings is 3. The fourth-order valence-corrected chi connectivity index (χ4v) is 3.43. The molecule has 1 N–H and O–H groups in total. The van der Waals surface area contributed by atoms with E-state index in [0.717, 1.165) is 6.54 Å². The van der Waals surface area contributed by atoms with Gasteiger partial charge in [0.05, 0.1) is 0 Å². The molecule has 0 unspecified atom stereocenters. The van der Waals surface area contributed by atoms with Crippen LogP contribution in [0.3, 0.4) is 0 Å². The number of hydrogen-bond donors (Lipinski definition) is 1. The van der Waals surface area contributed by atoms with Crippen molar-refractivity contribution in [2.45, 2.75) is 23.3 Å². The van der Waals surface area contributed by atoms with E-state index in [0.29, 0.717) is 0 Å². The van der Waals surface area contributed by atoms with E-state index in [1.807, 2.05) is 18.8 Å². The molecule has 0 atom stereocenters. The molecule has 3 rings (SSSR count). The number of aryl methyl sites for hydroxylation is 1. The standard InChI is InChI=1S/C19H19NS/c1-14-11-15(13-20-2)7-10-19(14)21-18-9-8-16-5-3-4-6-17(16)12-18/h3-12,20H,13H2,1-2H3. The molecule has 1 nitrogen and oxygen atoms in total. The van der Waals surface area contributed by atoms with Gasteiger partial charge >= 0.3 is 0 Å². The highest BCUT2D eigenvalue weighted by atomic mass is 32.2. The lowest BCUT2D eigenvalue weighted by Crippen LogP contribution is -2.05. The van der Waals surface area contributed by atoms with Crippen LogP contribution >= 0.6 is 11.8 Å². The zero-order valence-corrected chi connectivity index (χ0v) is 13.2. The summed E-state index contributed by atoms with van der Waals surface area (Å²) in [5.41, 5.74) is 2.67. The van der Waals surface area contributed by atoms with Crippen molar-refractivity contribution in [2.75, 3.05) is 7.05 Å². The summed E-state index contributed by atoms with van der Waals surface area (Å²) in [5.74, 6) is 0. The van der Waals surface area contributed by atoms with Crippen molar-refractivity contribution in [2.24, 2.45) is 0 Å². The third kappa shape index (κ3) is 3.29. The SMILES string of the molecule is CNCc1ccc(Sc2ccc3ccccc3c2)c(C)c1. The van der Waals surface area contributed by atoms with Crippen molar-refractivity contribution < 1.29 is 0 Å². The maximum Gasteiger partial charge on any atom is 0.0202 e. The Balaban J connectivity index is 1.87. The van der Waals surface area contributed by atoms with Gasteiger partial charge in [-0.25, -0.2) is 0 Å². The van der Waals surface area contributed by atoms with Gasteiger partial charge < -0.3 is 5.32 Å². The van der Waals surface area contributed by atoms with E-state index in [2.05, 4.69) is 72.9 Å². The normalized spacial score (nSPS) is 11.0. The molecule has 0 bridgehead atoms. The van der Waals surface area contributed by atoms with E-state index in [1.54, 1.807) is 0 Å². The molecule has 106 valence electrons. The number of hydrogen-bond acceptors (Lipinski definition) is 2. The van der Waals surface area contributed by atoms with Crippen LogP contribution in [0.2, 0.25) is 0 Å². The first kappa shape index (κ1) is 14.2. The Morgan fingerprint density at radius 1 is 0.905 bits per heavy atom. The molecule has 0 fully saturated rings. The molecule has 0 saturated heterocycles. The van der Waals surface area contributed by atoms with Crippen molar-refractivity contribution >= 4 is 22.5 Å². The first-order valence-corrected chi connectivity index (χ1v) is 7.99. The summed E-state index contributed by atoms with van der Waals surface area (Å²) in [7, 11) is 1.98. The van der Waals surface area contributed by atoms with Gasteiger partial charge in [-0.2, -0.15) is 0 Å². The zero-order chi connectivity index (χ0) is 14.7. The summed E-state index contributed by atoms with van der Waals surface area (Å²) >= 11 is 1.84. The zero-order valence-electron chi connectivity index (χ0n) is 12.4. The van der Waals surface area contributed by atoms with E-state index in [1.165, 1.54) is 31.7 Å². The van der Waals surface area contributed by atoms with Gasteiger partial charge in [-0.1, -0.05) is 54.2 Å². The Kier molecular flexibility index (Phi) is 4.28. The number of fused-ring (bicyclic) bond motifs is 1. The third-order valence-corrected chi connectivity index (χ3v) is 4.74. The first-order valence-electron chi connectivity index (χ1n) is 7.17. The van der Waals surface area contributed by atoms with Crippen LogP contribution in [0.4, 0.5) is 0 Å². The fraction of sp³-hybridized carbons (Fsp3) is 0.158. The predicted octanol–water partition coefficient (Wildman–Crippen LogP) is 5.02. The lowest BCUT2D eigenvalue weighted by atomic mass is 10.1. The Labute approximate surface area is 130 Å². The van der Waals surface area contributed by atoms with E-state index in [9.17, 15) is 0 Å². The molecule has 3 aromatic rings. The third-order valence-electron chi connectivity index (χ3n) is 3.57. The minimum Gasteiger partial charge on any atom is -0.316 e. The lowest BCUT2D eigenvalue weighted by Gasteiger charge is -2.09. The topological polar surface area (TPSA) is 12.0 Å². The summed E-state index contributed by atoms with van der Waals surface area (Å²) in [6, 6.07) is 21.9. The maximum absolute atomic E-state index is 3.19. The predicted molar refractivity (Wildman–Crippen MR) is 92.0 cm³/mol. The maximum atomic E-state index is 3.19. The summed E-state index contributed by atoms with van der Waals surface area (Å²) < 4.78 is 0. The molecule has 21 heavy (non-hydrogen) atoms. The van der Waals surface area contributed by atoms with Crippen LogP contribution in [0.25, 0.3) is 10.8 Å². The molecular formula is C19H19NS. The molecular weight excluding hydrogens is 274 g/mol. The molecule has 0 amide bonds. The molecule has 0 aliphatic rings. The van der Waals surface area contributed by atoms with Crippen molar-refractivity contribution in [1.82, 2.24) is 5.32 Å². The van der Waals surface area contributed by atoms with Crippen LogP contribution < -0.4 is 5.32 Å². The van der Waals surface area contributed by atoms with E-state index >= 15 is 0 Å². The fourth-order valence-electron chi connectivity index (χ4n) is 2.50. The van der Waals surface area contributed by atoms with E-state index < -0.39 is 0 Å². The smallest absolute Gasteiger partial charge is 0.0202 e. The second-order valence-electron chi connectivity index (χ2n) is 5.24. The Bertz CT molecular complexity index is 764. The Morgan fingerprint density at radius 3 is 2.48 bits per heavy atom. The minimum absolute atomic E-state index is 0.918. The molecule has 0 heterocycles. The monoisotopic (exact) mass is 293 g/mol. The summed E-state index contributed by atoms with van der Waals surface area (Å²) in [6.07, 6.45) is 0. The summed E-state index contributed by atoms with van der Waals surface area (Å²) in [5, 5.41) is 5.79. The van der Waals surface area contributed by atoms with Crippen LogP contribution in [-0.4, -0.2) is 7.05 Å². The van der Waals surface area contributed by atoms with Crippen LogP contribution in [0, 0.1) is 6.92 Å². The van der Waals surface area contributed by atoms with Crippen LogP contribution in [0.1, 0.15) is 11.1 Å². The summed E-state index contributed by atoms with van der Waals surface area (Å²) in [6.45, 7) is 3.10. The quantitative estimate of drug-likeness (QED) is 0.725. The van der Waals surface area contributed by atoms with Crippen molar-refractivity contribution in [3.63, 3.8) is 0 Å². The average molecular weight is 293 g/mol. The molecule has 0 aliphatic heterocycles. The van der Waals surface area contributed by atoms with Gasteiger partial charge in [-0.3, -0.25) is 0 Å². The highest BCUT2D eigenvalue weighted by Crippen LogP contribution is 2.32. The van der Waals surface area contributed by atoms with Gasteiger partial charge in [0.15, 0.2) is 0 Å². The Hall–Kier alpha value is -1.77. The minimum atomic E-state index is 0.918. The summed E-state index contributed by atoms with van der Waals surface area (Å²) in [4.78, 5) is 2.61. The van der Waals surface area contributed by atoms with Crippen molar-refractivity contribution in [3.05, 3.63) is 71.8 Å². The molecule has 0 aromatic heterocycles. The van der Waals surface area contributed by atoms with Crippen LogP contribution in [-0.2, 0) is 6.54 Å². The van der Waals surface area contributed by atoms with Crippen molar-refractivity contribution in [1.29, 1.82) is 0 Å². The Morgan fingerprint density at radius 2 is 1.71 bits per heavy atom. The highest BCUT2D eigenvalue weighted by molar-refractivity contribution is 7.99. The molecule has 0 aliphatic carbocycles. The van der Waals surface area contributed by atoms with Crippen LogP contribution in [0.5, 0.6) is 0 Å². The molecule has 2 heteroatoms. The van der Waals surface area contributed by atoms with Gasteiger partial charge in [-0.05, 0) is 54.1 Å². The lowest BCUT2D eigenvalue weighted by molar-refractivity contribution is 0.815. The first-order chi connectivity index (χ1) is 10.3. The van der Waals surface area contributed by atoms with Gasteiger partial charge in [0, 0.05) is 16.3 Å². The van der Waals surface area contributed by atoms with Gasteiger partial charge in [0.1, 0.15) is 0 Å². The molecule has 3 aromatic carbocycles. The van der Waals surface area contributed by atoms with Crippen molar-refractivity contribution in [3.8, 4) is 0 Å². The largest absolute Gasteiger partial charge is 0.316 e. The van der Waals surface area contributed by atoms with Gasteiger partial charge in [0.2, 0.25) is 0 Å². The molecule has 0 spiro atoms. The van der Waals surface area contributed by atoms with Gasteiger partial charge in [-0.15, -0.1) is 0 Å². The van der Waals surface area contributed by atoms with Gasteiger partial charge in [0.25, 0.3) is 0 Å². The number of rotatable bonds is 4. The van der Waals surface area contributed by atoms with E-state index in [4.69, 9.17) is 0 Å². The molecule has 0 saturated carbocycles. The van der Waals surface area contributed by atoms with Crippen LogP contribution in [0.15, 0.2) is 70.5 Å². The highest BCUT2D eigenvalue weighted by Gasteiger charge is 2.03. The second-order valence-corrected chi connectivity index (χ2v) is 6.36. The molecule has 0 radical (unpaired) electrons. The second kappa shape index (κ2) is 6.33. The number of nitrogens with one attached hydrogen (secondary N) is 1. The average Bonchev–Trinajstić information content (AvgIpc) is 2.50. The van der Waals surface area contributed by atoms with E-state index in [-0.39, 0.29) is 0 Å².